The third kappa shape index (κ3) is 3.57. The van der Waals surface area contributed by atoms with Crippen molar-refractivity contribution in [3.8, 4) is 6.07 Å². The van der Waals surface area contributed by atoms with Gasteiger partial charge in [-0.1, -0.05) is 22.0 Å². The number of nitriles is 1. The maximum atomic E-state index is 11.5. The van der Waals surface area contributed by atoms with E-state index in [1.54, 1.807) is 12.1 Å². The molecule has 1 aromatic carbocycles. The molecular formula is C14H15BrN2O3. The summed E-state index contributed by atoms with van der Waals surface area (Å²) in [5.74, 6) is -0.339. The molecule has 20 heavy (non-hydrogen) atoms. The molecule has 0 N–H and O–H groups in total. The summed E-state index contributed by atoms with van der Waals surface area (Å²) in [6.07, 6.45) is -0.522. The lowest BCUT2D eigenvalue weighted by Crippen LogP contribution is -2.46. The van der Waals surface area contributed by atoms with Gasteiger partial charge >= 0.3 is 5.97 Å². The van der Waals surface area contributed by atoms with E-state index in [9.17, 15) is 4.79 Å². The van der Waals surface area contributed by atoms with Gasteiger partial charge in [0.2, 0.25) is 0 Å². The summed E-state index contributed by atoms with van der Waals surface area (Å²) in [5.41, 5.74) is 1.70. The fourth-order valence-corrected chi connectivity index (χ4v) is 2.61. The Kier molecular flexibility index (Phi) is 5.12. The number of benzene rings is 1. The van der Waals surface area contributed by atoms with E-state index < -0.39 is 6.10 Å². The highest BCUT2D eigenvalue weighted by Crippen LogP contribution is 2.21. The predicted octanol–water partition coefficient (Wildman–Crippen LogP) is 1.69. The molecule has 0 bridgehead atoms. The highest BCUT2D eigenvalue weighted by atomic mass is 79.9. The first-order valence-electron chi connectivity index (χ1n) is 6.24. The third-order valence-corrected chi connectivity index (χ3v) is 3.93. The van der Waals surface area contributed by atoms with Crippen molar-refractivity contribution in [2.45, 2.75) is 12.6 Å². The quantitative estimate of drug-likeness (QED) is 0.785. The second kappa shape index (κ2) is 6.84. The van der Waals surface area contributed by atoms with Crippen LogP contribution in [0.15, 0.2) is 22.7 Å². The number of esters is 1. The molecule has 2 rings (SSSR count). The molecule has 0 aliphatic carbocycles. The molecule has 1 atom stereocenters. The van der Waals surface area contributed by atoms with E-state index in [2.05, 4.69) is 26.9 Å². The number of hydrogen-bond donors (Lipinski definition) is 0. The number of carbonyl (C=O) groups excluding carboxylic acids is 1. The van der Waals surface area contributed by atoms with E-state index in [-0.39, 0.29) is 5.97 Å². The van der Waals surface area contributed by atoms with Gasteiger partial charge in [-0.25, -0.2) is 4.79 Å². The average Bonchev–Trinajstić information content (AvgIpc) is 2.48. The summed E-state index contributed by atoms with van der Waals surface area (Å²) in [6, 6.07) is 7.61. The SMILES string of the molecule is COC(=O)C1CN(Cc2ccc(C#N)cc2Br)CCO1. The summed E-state index contributed by atoms with van der Waals surface area (Å²) in [6.45, 7) is 2.48. The van der Waals surface area contributed by atoms with Crippen molar-refractivity contribution in [2.75, 3.05) is 26.8 Å². The van der Waals surface area contributed by atoms with E-state index >= 15 is 0 Å². The Morgan fingerprint density at radius 2 is 2.45 bits per heavy atom. The van der Waals surface area contributed by atoms with Crippen molar-refractivity contribution < 1.29 is 14.3 Å². The summed E-state index contributed by atoms with van der Waals surface area (Å²) < 4.78 is 11.0. The summed E-state index contributed by atoms with van der Waals surface area (Å²) in [5, 5.41) is 8.85. The molecule has 0 amide bonds. The van der Waals surface area contributed by atoms with Gasteiger partial charge in [0.1, 0.15) is 0 Å². The van der Waals surface area contributed by atoms with Crippen LogP contribution < -0.4 is 0 Å². The van der Waals surface area contributed by atoms with Crippen molar-refractivity contribution in [2.24, 2.45) is 0 Å². The highest BCUT2D eigenvalue weighted by Gasteiger charge is 2.27. The number of hydrogen-bond acceptors (Lipinski definition) is 5. The zero-order chi connectivity index (χ0) is 14.5. The largest absolute Gasteiger partial charge is 0.467 e. The molecule has 0 aromatic heterocycles. The number of ether oxygens (including phenoxy) is 2. The fourth-order valence-electron chi connectivity index (χ4n) is 2.11. The zero-order valence-corrected chi connectivity index (χ0v) is 12.7. The van der Waals surface area contributed by atoms with Gasteiger partial charge in [-0.15, -0.1) is 0 Å². The molecule has 1 heterocycles. The Labute approximate surface area is 126 Å². The van der Waals surface area contributed by atoms with Gasteiger partial charge < -0.3 is 9.47 Å². The van der Waals surface area contributed by atoms with Crippen molar-refractivity contribution in [1.82, 2.24) is 4.90 Å². The van der Waals surface area contributed by atoms with E-state index in [0.717, 1.165) is 16.6 Å². The minimum absolute atomic E-state index is 0.339. The normalized spacial score (nSPS) is 19.4. The Morgan fingerprint density at radius 1 is 1.65 bits per heavy atom. The molecule has 1 aromatic rings. The molecule has 1 aliphatic rings. The van der Waals surface area contributed by atoms with Crippen LogP contribution in [-0.4, -0.2) is 43.8 Å². The van der Waals surface area contributed by atoms with Crippen LogP contribution in [0.5, 0.6) is 0 Å². The van der Waals surface area contributed by atoms with E-state index in [1.165, 1.54) is 7.11 Å². The number of nitrogens with zero attached hydrogens (tertiary/aromatic N) is 2. The number of halogens is 1. The van der Waals surface area contributed by atoms with Crippen LogP contribution in [0.4, 0.5) is 0 Å². The van der Waals surface area contributed by atoms with Gasteiger partial charge in [0.15, 0.2) is 6.10 Å². The Hall–Kier alpha value is -1.42. The first kappa shape index (κ1) is 15.0. The topological polar surface area (TPSA) is 62.6 Å². The average molecular weight is 339 g/mol. The number of methoxy groups -OCH3 is 1. The van der Waals surface area contributed by atoms with Crippen LogP contribution in [0, 0.1) is 11.3 Å². The minimum atomic E-state index is -0.522. The summed E-state index contributed by atoms with van der Waals surface area (Å²) in [4.78, 5) is 13.6. The van der Waals surface area contributed by atoms with Crippen LogP contribution in [0.1, 0.15) is 11.1 Å². The van der Waals surface area contributed by atoms with Crippen molar-refractivity contribution in [3.05, 3.63) is 33.8 Å². The highest BCUT2D eigenvalue weighted by molar-refractivity contribution is 9.10. The van der Waals surface area contributed by atoms with Crippen LogP contribution in [0.2, 0.25) is 0 Å². The lowest BCUT2D eigenvalue weighted by atomic mass is 10.1. The van der Waals surface area contributed by atoms with E-state index in [0.29, 0.717) is 25.3 Å². The van der Waals surface area contributed by atoms with Gasteiger partial charge in [-0.05, 0) is 17.7 Å². The molecule has 5 nitrogen and oxygen atoms in total. The first-order valence-corrected chi connectivity index (χ1v) is 7.03. The molecule has 0 spiro atoms. The van der Waals surface area contributed by atoms with Gasteiger partial charge in [0.25, 0.3) is 0 Å². The summed E-state index contributed by atoms with van der Waals surface area (Å²) in [7, 11) is 1.36. The molecule has 1 unspecified atom stereocenters. The van der Waals surface area contributed by atoms with Gasteiger partial charge in [0, 0.05) is 24.1 Å². The first-order chi connectivity index (χ1) is 9.63. The second-order valence-electron chi connectivity index (χ2n) is 4.54. The molecule has 106 valence electrons. The van der Waals surface area contributed by atoms with Gasteiger partial charge in [0.05, 0.1) is 25.3 Å². The van der Waals surface area contributed by atoms with Gasteiger partial charge in [-0.2, -0.15) is 5.26 Å². The number of carbonyl (C=O) groups is 1. The molecular weight excluding hydrogens is 324 g/mol. The van der Waals surface area contributed by atoms with Crippen molar-refractivity contribution in [1.29, 1.82) is 5.26 Å². The maximum absolute atomic E-state index is 11.5. The summed E-state index contributed by atoms with van der Waals surface area (Å²) >= 11 is 3.47. The lowest BCUT2D eigenvalue weighted by molar-refractivity contribution is -0.160. The van der Waals surface area contributed by atoms with Crippen molar-refractivity contribution >= 4 is 21.9 Å². The molecule has 1 aliphatic heterocycles. The van der Waals surface area contributed by atoms with Crippen LogP contribution in [0.3, 0.4) is 0 Å². The standard InChI is InChI=1S/C14H15BrN2O3/c1-19-14(18)13-9-17(4-5-20-13)8-11-3-2-10(7-16)6-12(11)15/h2-3,6,13H,4-5,8-9H2,1H3. The fraction of sp³-hybridized carbons (Fsp3) is 0.429. The van der Waals surface area contributed by atoms with Crippen LogP contribution in [-0.2, 0) is 20.8 Å². The van der Waals surface area contributed by atoms with Crippen molar-refractivity contribution in [3.63, 3.8) is 0 Å². The Morgan fingerprint density at radius 3 is 3.10 bits per heavy atom. The molecule has 0 radical (unpaired) electrons. The van der Waals surface area contributed by atoms with Gasteiger partial charge in [-0.3, -0.25) is 4.90 Å². The monoisotopic (exact) mass is 338 g/mol. The second-order valence-corrected chi connectivity index (χ2v) is 5.39. The van der Waals surface area contributed by atoms with E-state index in [1.807, 2.05) is 6.07 Å². The molecule has 1 fully saturated rings. The Balaban J connectivity index is 2.03. The number of morpholine rings is 1. The van der Waals surface area contributed by atoms with Crippen LogP contribution in [0.25, 0.3) is 0 Å². The molecule has 1 saturated heterocycles. The Bertz CT molecular complexity index is 542. The smallest absolute Gasteiger partial charge is 0.336 e. The predicted molar refractivity (Wildman–Crippen MR) is 75.9 cm³/mol. The zero-order valence-electron chi connectivity index (χ0n) is 11.1. The van der Waals surface area contributed by atoms with E-state index in [4.69, 9.17) is 14.7 Å². The molecule has 6 heteroatoms. The maximum Gasteiger partial charge on any atom is 0.336 e. The third-order valence-electron chi connectivity index (χ3n) is 3.19. The lowest BCUT2D eigenvalue weighted by Gasteiger charge is -2.31. The minimum Gasteiger partial charge on any atom is -0.467 e. The number of rotatable bonds is 3. The van der Waals surface area contributed by atoms with Crippen LogP contribution >= 0.6 is 15.9 Å². The molecule has 0 saturated carbocycles.